The highest BCUT2D eigenvalue weighted by Gasteiger charge is 2.07. The van der Waals surface area contributed by atoms with Gasteiger partial charge in [0.25, 0.3) is 0 Å². The van der Waals surface area contributed by atoms with Crippen LogP contribution in [0.2, 0.25) is 0 Å². The lowest BCUT2D eigenvalue weighted by Gasteiger charge is -2.10. The van der Waals surface area contributed by atoms with E-state index < -0.39 is 0 Å². The van der Waals surface area contributed by atoms with E-state index in [0.717, 1.165) is 6.42 Å². The van der Waals surface area contributed by atoms with Crippen molar-refractivity contribution in [1.29, 1.82) is 0 Å². The van der Waals surface area contributed by atoms with Crippen LogP contribution in [0.25, 0.3) is 0 Å². The van der Waals surface area contributed by atoms with Crippen LogP contribution in [-0.2, 0) is 0 Å². The van der Waals surface area contributed by atoms with Gasteiger partial charge in [-0.1, -0.05) is 36.4 Å². The third-order valence-corrected chi connectivity index (χ3v) is 2.85. The van der Waals surface area contributed by atoms with Crippen LogP contribution in [0.3, 0.4) is 0 Å². The van der Waals surface area contributed by atoms with Crippen molar-refractivity contribution in [2.75, 3.05) is 0 Å². The molecule has 0 aromatic heterocycles. The van der Waals surface area contributed by atoms with E-state index in [9.17, 15) is 0 Å². The Kier molecular flexibility index (Phi) is 2.88. The average Bonchev–Trinajstić information content (AvgIpc) is 2.21. The van der Waals surface area contributed by atoms with Crippen LogP contribution >= 0.6 is 11.8 Å². The molecule has 2 radical (unpaired) electrons. The highest BCUT2D eigenvalue weighted by molar-refractivity contribution is 8.02. The van der Waals surface area contributed by atoms with E-state index in [0.29, 0.717) is 0 Å². The Morgan fingerprint density at radius 2 is 2.00 bits per heavy atom. The van der Waals surface area contributed by atoms with E-state index >= 15 is 0 Å². The van der Waals surface area contributed by atoms with E-state index in [1.54, 1.807) is 0 Å². The Morgan fingerprint density at radius 3 is 2.69 bits per heavy atom. The molecule has 0 amide bonds. The van der Waals surface area contributed by atoms with Crippen LogP contribution in [-0.4, -0.2) is 0 Å². The highest BCUT2D eigenvalue weighted by Crippen LogP contribution is 2.33. The molecule has 0 N–H and O–H groups in total. The third-order valence-electron chi connectivity index (χ3n) is 1.78. The molecule has 1 aliphatic carbocycles. The van der Waals surface area contributed by atoms with Crippen molar-refractivity contribution in [2.24, 2.45) is 0 Å². The normalized spacial score (nSPS) is 16.3. The van der Waals surface area contributed by atoms with Crippen LogP contribution in [0.1, 0.15) is 6.42 Å². The number of hydrogen-bond acceptors (Lipinski definition) is 1. The lowest BCUT2D eigenvalue weighted by Crippen LogP contribution is -1.88. The first kappa shape index (κ1) is 8.64. The van der Waals surface area contributed by atoms with E-state index in [1.807, 2.05) is 23.9 Å². The quantitative estimate of drug-likeness (QED) is 0.679. The van der Waals surface area contributed by atoms with E-state index in [-0.39, 0.29) is 0 Å². The summed E-state index contributed by atoms with van der Waals surface area (Å²) in [6.07, 6.45) is 10.2. The molecule has 0 saturated heterocycles. The van der Waals surface area contributed by atoms with Gasteiger partial charge in [-0.3, -0.25) is 0 Å². The largest absolute Gasteiger partial charge is 0.113 e. The number of rotatable bonds is 2. The molecule has 0 fully saturated rings. The molecule has 0 atom stereocenters. The zero-order valence-electron chi connectivity index (χ0n) is 7.23. The molecule has 1 heteroatoms. The maximum atomic E-state index is 3.06. The van der Waals surface area contributed by atoms with Crippen molar-refractivity contribution in [1.82, 2.24) is 0 Å². The standard InChI is InChI=1S/C12H10S/c1-3-7-11(8-4-1)13-12-9-5-2-6-10-12/h1,3-9H,10H2. The molecule has 0 nitrogen and oxygen atoms in total. The molecule has 0 bridgehead atoms. The van der Waals surface area contributed by atoms with Crippen molar-refractivity contribution >= 4 is 11.8 Å². The van der Waals surface area contributed by atoms with Crippen molar-refractivity contribution in [3.05, 3.63) is 59.9 Å². The highest BCUT2D eigenvalue weighted by atomic mass is 32.2. The van der Waals surface area contributed by atoms with Crippen LogP contribution in [0.4, 0.5) is 0 Å². The first-order chi connectivity index (χ1) is 6.45. The zero-order valence-corrected chi connectivity index (χ0v) is 8.05. The van der Waals surface area contributed by atoms with Gasteiger partial charge in [0.15, 0.2) is 0 Å². The summed E-state index contributed by atoms with van der Waals surface area (Å²) < 4.78 is 0. The summed E-state index contributed by atoms with van der Waals surface area (Å²) in [5.74, 6) is 0. The number of benzene rings is 1. The molecule has 0 saturated carbocycles. The van der Waals surface area contributed by atoms with Gasteiger partial charge in [0, 0.05) is 4.90 Å². The molecule has 0 unspecified atom stereocenters. The molecule has 1 aromatic rings. The van der Waals surface area contributed by atoms with Crippen LogP contribution in [0.15, 0.2) is 53.5 Å². The molecular weight excluding hydrogens is 176 g/mol. The second-order valence-corrected chi connectivity index (χ2v) is 3.99. The maximum Gasteiger partial charge on any atom is 0.0612 e. The predicted octanol–water partition coefficient (Wildman–Crippen LogP) is 3.63. The predicted molar refractivity (Wildman–Crippen MR) is 57.1 cm³/mol. The fourth-order valence-corrected chi connectivity index (χ4v) is 2.05. The average molecular weight is 186 g/mol. The van der Waals surface area contributed by atoms with Gasteiger partial charge in [-0.2, -0.15) is 0 Å². The van der Waals surface area contributed by atoms with Crippen molar-refractivity contribution in [3.63, 3.8) is 0 Å². The monoisotopic (exact) mass is 186 g/mol. The Hall–Kier alpha value is -0.950. The molecule has 0 aliphatic heterocycles. The van der Waals surface area contributed by atoms with Crippen LogP contribution < -0.4 is 0 Å². The summed E-state index contributed by atoms with van der Waals surface area (Å²) in [4.78, 5) is 1.30. The molecule has 2 rings (SSSR count). The lowest BCUT2D eigenvalue weighted by atomic mass is 10.2. The lowest BCUT2D eigenvalue weighted by molar-refractivity contribution is 1.21. The SMILES string of the molecule is [C]1=CC[C](Sc2ccccc2)C=C1. The molecule has 1 aliphatic rings. The third kappa shape index (κ3) is 2.49. The first-order valence-corrected chi connectivity index (χ1v) is 5.10. The molecule has 0 spiro atoms. The summed E-state index contributed by atoms with van der Waals surface area (Å²) in [5, 5.41) is 1.38. The van der Waals surface area contributed by atoms with Crippen LogP contribution in [0.5, 0.6) is 0 Å². The minimum Gasteiger partial charge on any atom is -0.113 e. The smallest absolute Gasteiger partial charge is 0.0612 e. The molecule has 64 valence electrons. The summed E-state index contributed by atoms with van der Waals surface area (Å²) in [6.45, 7) is 0. The number of allylic oxidation sites excluding steroid dienone is 3. The van der Waals surface area contributed by atoms with Gasteiger partial charge in [-0.15, -0.1) is 11.8 Å². The molecule has 1 aromatic carbocycles. The van der Waals surface area contributed by atoms with E-state index in [4.69, 9.17) is 0 Å². The Labute approximate surface area is 83.4 Å². The summed E-state index contributed by atoms with van der Waals surface area (Å²) in [7, 11) is 0. The molecular formula is C12H10S. The zero-order chi connectivity index (χ0) is 8.93. The second kappa shape index (κ2) is 4.33. The molecule has 13 heavy (non-hydrogen) atoms. The Balaban J connectivity index is 1.99. The van der Waals surface area contributed by atoms with Gasteiger partial charge >= 0.3 is 0 Å². The van der Waals surface area contributed by atoms with Crippen molar-refractivity contribution in [3.8, 4) is 0 Å². The summed E-state index contributed by atoms with van der Waals surface area (Å²) in [6, 6.07) is 10.4. The van der Waals surface area contributed by atoms with Gasteiger partial charge < -0.3 is 0 Å². The van der Waals surface area contributed by atoms with E-state index in [1.165, 1.54) is 10.1 Å². The first-order valence-electron chi connectivity index (χ1n) is 4.28. The summed E-state index contributed by atoms with van der Waals surface area (Å²) >= 11 is 1.82. The fourth-order valence-electron chi connectivity index (χ4n) is 1.15. The minimum atomic E-state index is 1.01. The fraction of sp³-hybridized carbons (Fsp3) is 0.0833. The Morgan fingerprint density at radius 1 is 1.15 bits per heavy atom. The van der Waals surface area contributed by atoms with Crippen LogP contribution in [0, 0.1) is 11.3 Å². The van der Waals surface area contributed by atoms with Gasteiger partial charge in [-0.05, 0) is 24.6 Å². The Bertz CT molecular complexity index is 311. The molecule has 0 heterocycles. The van der Waals surface area contributed by atoms with Gasteiger partial charge in [0.1, 0.15) is 0 Å². The van der Waals surface area contributed by atoms with Crippen molar-refractivity contribution in [2.45, 2.75) is 11.3 Å². The maximum absolute atomic E-state index is 3.06. The topological polar surface area (TPSA) is 0 Å². The minimum absolute atomic E-state index is 1.01. The summed E-state index contributed by atoms with van der Waals surface area (Å²) in [5.41, 5.74) is 0. The second-order valence-electron chi connectivity index (χ2n) is 2.79. The number of thioether (sulfide) groups is 1. The van der Waals surface area contributed by atoms with Gasteiger partial charge in [-0.25, -0.2) is 0 Å². The van der Waals surface area contributed by atoms with Crippen molar-refractivity contribution < 1.29 is 0 Å². The number of hydrogen-bond donors (Lipinski definition) is 0. The van der Waals surface area contributed by atoms with Gasteiger partial charge in [0.2, 0.25) is 0 Å². The van der Waals surface area contributed by atoms with Gasteiger partial charge in [0.05, 0.1) is 5.25 Å². The van der Waals surface area contributed by atoms with E-state index in [2.05, 4.69) is 42.5 Å².